The predicted octanol–water partition coefficient (Wildman–Crippen LogP) is 2.32. The lowest BCUT2D eigenvalue weighted by atomic mass is 10.1. The van der Waals surface area contributed by atoms with Crippen molar-refractivity contribution in [2.45, 2.75) is 32.7 Å². The maximum Gasteiger partial charge on any atom is 0.272 e. The normalized spacial score (nSPS) is 10.6. The van der Waals surface area contributed by atoms with E-state index in [-0.39, 0.29) is 30.0 Å². The smallest absolute Gasteiger partial charge is 0.272 e. The number of ether oxygens (including phenoxy) is 1. The molecule has 0 saturated carbocycles. The number of aromatic nitrogens is 3. The molecule has 7 heteroatoms. The van der Waals surface area contributed by atoms with E-state index in [1.165, 1.54) is 0 Å². The van der Waals surface area contributed by atoms with Gasteiger partial charge in [-0.05, 0) is 18.6 Å². The molecule has 2 aromatic carbocycles. The maximum absolute atomic E-state index is 12.3. The summed E-state index contributed by atoms with van der Waals surface area (Å²) in [6, 6.07) is 15.5. The van der Waals surface area contributed by atoms with Crippen molar-refractivity contribution in [2.75, 3.05) is 7.11 Å². The van der Waals surface area contributed by atoms with Gasteiger partial charge in [0.25, 0.3) is 5.56 Å². The van der Waals surface area contributed by atoms with Gasteiger partial charge in [-0.3, -0.25) is 9.59 Å². The van der Waals surface area contributed by atoms with Gasteiger partial charge in [0.05, 0.1) is 7.11 Å². The summed E-state index contributed by atoms with van der Waals surface area (Å²) in [5, 5.41) is 11.0. The maximum atomic E-state index is 12.3. The Morgan fingerprint density at radius 3 is 2.72 bits per heavy atom. The van der Waals surface area contributed by atoms with Crippen LogP contribution in [0, 0.1) is 6.92 Å². The van der Waals surface area contributed by atoms with Gasteiger partial charge in [0.15, 0.2) is 0 Å². The van der Waals surface area contributed by atoms with Crippen molar-refractivity contribution in [3.63, 3.8) is 0 Å². The van der Waals surface area contributed by atoms with Crippen molar-refractivity contribution in [1.29, 1.82) is 0 Å². The zero-order valence-corrected chi connectivity index (χ0v) is 16.6. The molecule has 3 aromatic rings. The second kappa shape index (κ2) is 9.64. The minimum Gasteiger partial charge on any atom is -0.496 e. The fourth-order valence-corrected chi connectivity index (χ4v) is 3.01. The van der Waals surface area contributed by atoms with Gasteiger partial charge in [0, 0.05) is 31.4 Å². The van der Waals surface area contributed by atoms with E-state index in [0.717, 1.165) is 22.4 Å². The molecule has 29 heavy (non-hydrogen) atoms. The Labute approximate surface area is 169 Å². The van der Waals surface area contributed by atoms with E-state index in [2.05, 4.69) is 20.5 Å². The Balaban J connectivity index is 1.55. The van der Waals surface area contributed by atoms with Crippen LogP contribution in [-0.4, -0.2) is 28.2 Å². The first-order chi connectivity index (χ1) is 14.0. The minimum atomic E-state index is -0.323. The molecule has 0 aliphatic rings. The van der Waals surface area contributed by atoms with Gasteiger partial charge in [0.1, 0.15) is 17.3 Å². The Morgan fingerprint density at radius 1 is 1.14 bits per heavy atom. The van der Waals surface area contributed by atoms with Crippen LogP contribution in [-0.2, 0) is 24.2 Å². The van der Waals surface area contributed by atoms with E-state index < -0.39 is 0 Å². The number of carbonyl (C=O) groups is 1. The van der Waals surface area contributed by atoms with E-state index in [0.29, 0.717) is 18.8 Å². The highest BCUT2D eigenvalue weighted by Crippen LogP contribution is 2.19. The van der Waals surface area contributed by atoms with Crippen LogP contribution in [0.2, 0.25) is 0 Å². The standard InChI is InChI=1S/C22H24N4O3/c1-15-6-5-7-16(12-15)14-23-21(27)11-10-18-22(28)24-20(26-25-18)13-17-8-3-4-9-19(17)29-2/h3-9,12H,10-11,13-14H2,1-2H3,(H,23,27)(H,24,26,28). The summed E-state index contributed by atoms with van der Waals surface area (Å²) in [5.74, 6) is 1.04. The van der Waals surface area contributed by atoms with Crippen molar-refractivity contribution in [3.8, 4) is 5.75 Å². The number of amides is 1. The fourth-order valence-electron chi connectivity index (χ4n) is 3.01. The summed E-state index contributed by atoms with van der Waals surface area (Å²) >= 11 is 0. The van der Waals surface area contributed by atoms with Gasteiger partial charge in [0.2, 0.25) is 5.91 Å². The number of methoxy groups -OCH3 is 1. The number of benzene rings is 2. The fraction of sp³-hybridized carbons (Fsp3) is 0.273. The van der Waals surface area contributed by atoms with Crippen molar-refractivity contribution in [1.82, 2.24) is 20.5 Å². The first-order valence-electron chi connectivity index (χ1n) is 9.44. The number of rotatable bonds is 8. The summed E-state index contributed by atoms with van der Waals surface area (Å²) in [6.07, 6.45) is 0.815. The average molecular weight is 392 g/mol. The van der Waals surface area contributed by atoms with E-state index in [9.17, 15) is 9.59 Å². The van der Waals surface area contributed by atoms with Crippen LogP contribution in [0.1, 0.15) is 34.6 Å². The van der Waals surface area contributed by atoms with Crippen LogP contribution in [0.3, 0.4) is 0 Å². The third kappa shape index (κ3) is 5.75. The van der Waals surface area contributed by atoms with E-state index in [1.807, 2.05) is 55.5 Å². The Hall–Kier alpha value is -3.48. The van der Waals surface area contributed by atoms with Crippen LogP contribution in [0.25, 0.3) is 0 Å². The lowest BCUT2D eigenvalue weighted by molar-refractivity contribution is -0.121. The summed E-state index contributed by atoms with van der Waals surface area (Å²) in [5.41, 5.74) is 3.02. The molecule has 0 aliphatic heterocycles. The van der Waals surface area contributed by atoms with Crippen LogP contribution < -0.4 is 15.6 Å². The van der Waals surface area contributed by atoms with Crippen molar-refractivity contribution in [2.24, 2.45) is 0 Å². The molecule has 1 heterocycles. The van der Waals surface area contributed by atoms with Gasteiger partial charge in [-0.15, -0.1) is 10.2 Å². The highest BCUT2D eigenvalue weighted by atomic mass is 16.5. The summed E-state index contributed by atoms with van der Waals surface area (Å²) in [7, 11) is 1.60. The van der Waals surface area contributed by atoms with Crippen LogP contribution in [0.5, 0.6) is 5.75 Å². The SMILES string of the molecule is COc1ccccc1Cc1nnc(CCC(=O)NCc2cccc(C)c2)c(=O)[nH]1. The van der Waals surface area contributed by atoms with E-state index in [1.54, 1.807) is 7.11 Å². The topological polar surface area (TPSA) is 97.0 Å². The van der Waals surface area contributed by atoms with Crippen LogP contribution in [0.4, 0.5) is 0 Å². The molecule has 0 aliphatic carbocycles. The number of hydrogen-bond acceptors (Lipinski definition) is 5. The summed E-state index contributed by atoms with van der Waals surface area (Å²) < 4.78 is 5.31. The third-order valence-electron chi connectivity index (χ3n) is 4.52. The molecule has 0 atom stereocenters. The minimum absolute atomic E-state index is 0.134. The molecule has 3 rings (SSSR count). The average Bonchev–Trinajstić information content (AvgIpc) is 2.72. The van der Waals surface area contributed by atoms with Gasteiger partial charge in [-0.1, -0.05) is 48.0 Å². The molecule has 0 unspecified atom stereocenters. The van der Waals surface area contributed by atoms with E-state index >= 15 is 0 Å². The molecule has 1 aromatic heterocycles. The van der Waals surface area contributed by atoms with Crippen LogP contribution >= 0.6 is 0 Å². The predicted molar refractivity (Wildman–Crippen MR) is 110 cm³/mol. The van der Waals surface area contributed by atoms with Crippen molar-refractivity contribution in [3.05, 3.63) is 87.1 Å². The highest BCUT2D eigenvalue weighted by molar-refractivity contribution is 5.76. The number of aryl methyl sites for hydroxylation is 2. The quantitative estimate of drug-likeness (QED) is 0.613. The molecular formula is C22H24N4O3. The number of hydrogen-bond donors (Lipinski definition) is 2. The van der Waals surface area contributed by atoms with Gasteiger partial charge >= 0.3 is 0 Å². The molecule has 150 valence electrons. The second-order valence-electron chi connectivity index (χ2n) is 6.80. The summed E-state index contributed by atoms with van der Waals surface area (Å²) in [4.78, 5) is 27.1. The molecule has 0 saturated heterocycles. The molecular weight excluding hydrogens is 368 g/mol. The van der Waals surface area contributed by atoms with Gasteiger partial charge < -0.3 is 15.0 Å². The zero-order valence-electron chi connectivity index (χ0n) is 16.6. The van der Waals surface area contributed by atoms with Gasteiger partial charge in [-0.25, -0.2) is 0 Å². The Bertz CT molecular complexity index is 1050. The largest absolute Gasteiger partial charge is 0.496 e. The summed E-state index contributed by atoms with van der Waals surface area (Å²) in [6.45, 7) is 2.47. The highest BCUT2D eigenvalue weighted by Gasteiger charge is 2.10. The Kier molecular flexibility index (Phi) is 6.73. The van der Waals surface area contributed by atoms with Crippen molar-refractivity contribution >= 4 is 5.91 Å². The van der Waals surface area contributed by atoms with Crippen LogP contribution in [0.15, 0.2) is 53.3 Å². The molecule has 7 nitrogen and oxygen atoms in total. The first-order valence-corrected chi connectivity index (χ1v) is 9.44. The molecule has 0 spiro atoms. The number of carbonyl (C=O) groups excluding carboxylic acids is 1. The molecule has 0 fully saturated rings. The van der Waals surface area contributed by atoms with Gasteiger partial charge in [-0.2, -0.15) is 0 Å². The first kappa shape index (κ1) is 20.3. The number of H-pyrrole nitrogens is 1. The number of nitrogens with zero attached hydrogens (tertiary/aromatic N) is 2. The second-order valence-corrected chi connectivity index (χ2v) is 6.80. The monoisotopic (exact) mass is 392 g/mol. The number of para-hydroxylation sites is 1. The molecule has 2 N–H and O–H groups in total. The third-order valence-corrected chi connectivity index (χ3v) is 4.52. The van der Waals surface area contributed by atoms with Crippen molar-refractivity contribution < 1.29 is 9.53 Å². The molecule has 1 amide bonds. The Morgan fingerprint density at radius 2 is 1.97 bits per heavy atom. The number of nitrogens with one attached hydrogen (secondary N) is 2. The zero-order chi connectivity index (χ0) is 20.6. The molecule has 0 radical (unpaired) electrons. The van der Waals surface area contributed by atoms with E-state index in [4.69, 9.17) is 4.74 Å². The lowest BCUT2D eigenvalue weighted by Crippen LogP contribution is -2.25. The lowest BCUT2D eigenvalue weighted by Gasteiger charge is -2.08. The molecule has 0 bridgehead atoms. The number of aromatic amines is 1.